The van der Waals surface area contributed by atoms with Gasteiger partial charge < -0.3 is 9.84 Å². The number of aliphatic carboxylic acids is 1. The molecular formula is C12H12N2O5S. The third-order valence-electron chi connectivity index (χ3n) is 2.62. The van der Waals surface area contributed by atoms with Crippen molar-refractivity contribution in [1.82, 2.24) is 9.55 Å². The number of ether oxygens (including phenoxy) is 1. The number of nitrogens with zero attached hydrogens (tertiary/aromatic N) is 2. The summed E-state index contributed by atoms with van der Waals surface area (Å²) in [4.78, 5) is 39.1. The molecular weight excluding hydrogens is 284 g/mol. The largest absolute Gasteiger partial charge is 0.481 e. The molecule has 0 aromatic carbocycles. The maximum Gasteiger partial charge on any atom is 0.339 e. The van der Waals surface area contributed by atoms with Gasteiger partial charge in [0.15, 0.2) is 0 Å². The molecule has 0 unspecified atom stereocenters. The van der Waals surface area contributed by atoms with Crippen molar-refractivity contribution in [1.29, 1.82) is 0 Å². The van der Waals surface area contributed by atoms with Gasteiger partial charge >= 0.3 is 11.9 Å². The molecule has 20 heavy (non-hydrogen) atoms. The van der Waals surface area contributed by atoms with Gasteiger partial charge in [-0.15, -0.1) is 11.3 Å². The summed E-state index contributed by atoms with van der Waals surface area (Å²) in [7, 11) is 0. The number of aryl methyl sites for hydroxylation is 1. The fourth-order valence-electron chi connectivity index (χ4n) is 1.70. The molecule has 0 spiro atoms. The van der Waals surface area contributed by atoms with Crippen LogP contribution in [0.3, 0.4) is 0 Å². The second-order valence-corrected chi connectivity index (χ2v) is 4.79. The summed E-state index contributed by atoms with van der Waals surface area (Å²) in [5, 5.41) is 10.4. The highest BCUT2D eigenvalue weighted by Gasteiger charge is 2.18. The molecule has 0 saturated carbocycles. The van der Waals surface area contributed by atoms with Crippen LogP contribution in [0.1, 0.15) is 23.7 Å². The molecule has 0 amide bonds. The number of esters is 1. The van der Waals surface area contributed by atoms with E-state index in [0.717, 1.165) is 0 Å². The van der Waals surface area contributed by atoms with Gasteiger partial charge in [-0.25, -0.2) is 9.78 Å². The van der Waals surface area contributed by atoms with Crippen LogP contribution in [0, 0.1) is 0 Å². The van der Waals surface area contributed by atoms with Crippen molar-refractivity contribution in [3.05, 3.63) is 27.6 Å². The maximum atomic E-state index is 12.3. The minimum absolute atomic E-state index is 0.00915. The van der Waals surface area contributed by atoms with Crippen molar-refractivity contribution >= 4 is 33.5 Å². The first-order valence-corrected chi connectivity index (χ1v) is 6.78. The Morgan fingerprint density at radius 2 is 2.25 bits per heavy atom. The molecule has 0 saturated heterocycles. The smallest absolute Gasteiger partial charge is 0.339 e. The van der Waals surface area contributed by atoms with Gasteiger partial charge in [0.1, 0.15) is 4.83 Å². The SMILES string of the molecule is CCOC(=O)c1csc2ncn(CCC(=O)O)c(=O)c12. The summed E-state index contributed by atoms with van der Waals surface area (Å²) < 4.78 is 6.07. The van der Waals surface area contributed by atoms with E-state index in [9.17, 15) is 14.4 Å². The third-order valence-corrected chi connectivity index (χ3v) is 3.51. The lowest BCUT2D eigenvalue weighted by molar-refractivity contribution is -0.137. The van der Waals surface area contributed by atoms with Crippen LogP contribution in [-0.4, -0.2) is 33.2 Å². The fourth-order valence-corrected chi connectivity index (χ4v) is 2.57. The first-order valence-electron chi connectivity index (χ1n) is 5.90. The number of aromatic nitrogens is 2. The van der Waals surface area contributed by atoms with Crippen molar-refractivity contribution in [2.45, 2.75) is 19.9 Å². The first kappa shape index (κ1) is 14.2. The van der Waals surface area contributed by atoms with Crippen LogP contribution in [0.4, 0.5) is 0 Å². The summed E-state index contributed by atoms with van der Waals surface area (Å²) >= 11 is 1.17. The highest BCUT2D eigenvalue weighted by molar-refractivity contribution is 7.17. The number of carboxylic acids is 1. The van der Waals surface area contributed by atoms with Gasteiger partial charge in [-0.3, -0.25) is 14.2 Å². The average molecular weight is 296 g/mol. The molecule has 106 valence electrons. The monoisotopic (exact) mass is 296 g/mol. The molecule has 0 radical (unpaired) electrons. The van der Waals surface area contributed by atoms with Gasteiger partial charge in [0.05, 0.1) is 30.3 Å². The van der Waals surface area contributed by atoms with Gasteiger partial charge in [-0.05, 0) is 6.92 Å². The maximum absolute atomic E-state index is 12.3. The lowest BCUT2D eigenvalue weighted by Gasteiger charge is -2.04. The molecule has 7 nitrogen and oxygen atoms in total. The van der Waals surface area contributed by atoms with Crippen LogP contribution in [0.25, 0.3) is 10.2 Å². The number of carboxylic acid groups (broad SMARTS) is 1. The van der Waals surface area contributed by atoms with E-state index in [4.69, 9.17) is 9.84 Å². The molecule has 0 aliphatic heterocycles. The van der Waals surface area contributed by atoms with Crippen molar-refractivity contribution in [3.63, 3.8) is 0 Å². The standard InChI is InChI=1S/C12H12N2O5S/c1-2-19-12(18)7-5-20-10-9(7)11(17)14(6-13-10)4-3-8(15)16/h5-6H,2-4H2,1H3,(H,15,16). The van der Waals surface area contributed by atoms with Crippen LogP contribution in [0.5, 0.6) is 0 Å². The summed E-state index contributed by atoms with van der Waals surface area (Å²) in [6, 6.07) is 0. The normalized spacial score (nSPS) is 10.7. The Balaban J connectivity index is 2.47. The second kappa shape index (κ2) is 5.83. The average Bonchev–Trinajstić information content (AvgIpc) is 2.83. The summed E-state index contributed by atoms with van der Waals surface area (Å²) in [6.07, 6.45) is 1.10. The van der Waals surface area contributed by atoms with Gasteiger partial charge in [0.25, 0.3) is 5.56 Å². The topological polar surface area (TPSA) is 98.5 Å². The fraction of sp³-hybridized carbons (Fsp3) is 0.333. The minimum atomic E-state index is -1.01. The van der Waals surface area contributed by atoms with Gasteiger partial charge in [-0.1, -0.05) is 0 Å². The summed E-state index contributed by atoms with van der Waals surface area (Å²) in [6.45, 7) is 1.90. The Kier molecular flexibility index (Phi) is 4.14. The van der Waals surface area contributed by atoms with Gasteiger partial charge in [0, 0.05) is 11.9 Å². The molecule has 2 aromatic rings. The summed E-state index contributed by atoms with van der Waals surface area (Å²) in [5.74, 6) is -1.58. The number of carbonyl (C=O) groups is 2. The predicted molar refractivity (Wildman–Crippen MR) is 72.1 cm³/mol. The highest BCUT2D eigenvalue weighted by atomic mass is 32.1. The highest BCUT2D eigenvalue weighted by Crippen LogP contribution is 2.21. The number of hydrogen-bond donors (Lipinski definition) is 1. The van der Waals surface area contributed by atoms with E-state index >= 15 is 0 Å². The molecule has 2 rings (SSSR count). The number of thiophene rings is 1. The number of carbonyl (C=O) groups excluding carboxylic acids is 1. The van der Waals surface area contributed by atoms with Crippen LogP contribution in [-0.2, 0) is 16.1 Å². The minimum Gasteiger partial charge on any atom is -0.481 e. The van der Waals surface area contributed by atoms with Crippen molar-refractivity contribution < 1.29 is 19.4 Å². The second-order valence-electron chi connectivity index (χ2n) is 3.94. The summed E-state index contributed by atoms with van der Waals surface area (Å²) in [5.41, 5.74) is -0.255. The van der Waals surface area contributed by atoms with E-state index < -0.39 is 17.5 Å². The first-order chi connectivity index (χ1) is 9.54. The molecule has 8 heteroatoms. The zero-order valence-electron chi connectivity index (χ0n) is 10.7. The van der Waals surface area contributed by atoms with E-state index in [1.165, 1.54) is 27.6 Å². The molecule has 1 N–H and O–H groups in total. The molecule has 0 aliphatic carbocycles. The van der Waals surface area contributed by atoms with E-state index in [1.807, 2.05) is 0 Å². The van der Waals surface area contributed by atoms with Crippen molar-refractivity contribution in [2.24, 2.45) is 0 Å². The third kappa shape index (κ3) is 2.69. The van der Waals surface area contributed by atoms with Gasteiger partial charge in [0.2, 0.25) is 0 Å². The Bertz CT molecular complexity index is 718. The zero-order chi connectivity index (χ0) is 14.7. The van der Waals surface area contributed by atoms with Crippen LogP contribution < -0.4 is 5.56 Å². The number of hydrogen-bond acceptors (Lipinski definition) is 6. The van der Waals surface area contributed by atoms with E-state index in [2.05, 4.69) is 4.98 Å². The van der Waals surface area contributed by atoms with E-state index in [1.54, 1.807) is 6.92 Å². The Morgan fingerprint density at radius 1 is 1.50 bits per heavy atom. The zero-order valence-corrected chi connectivity index (χ0v) is 11.5. The Morgan fingerprint density at radius 3 is 2.90 bits per heavy atom. The number of rotatable bonds is 5. The molecule has 0 bridgehead atoms. The van der Waals surface area contributed by atoms with Gasteiger partial charge in [-0.2, -0.15) is 0 Å². The van der Waals surface area contributed by atoms with Crippen LogP contribution >= 0.6 is 11.3 Å². The lowest BCUT2D eigenvalue weighted by Crippen LogP contribution is -2.23. The lowest BCUT2D eigenvalue weighted by atomic mass is 10.2. The quantitative estimate of drug-likeness (QED) is 0.830. The molecule has 0 atom stereocenters. The van der Waals surface area contributed by atoms with Crippen LogP contribution in [0.2, 0.25) is 0 Å². The molecule has 2 aromatic heterocycles. The van der Waals surface area contributed by atoms with E-state index in [-0.39, 0.29) is 30.5 Å². The molecule has 0 aliphatic rings. The van der Waals surface area contributed by atoms with E-state index in [0.29, 0.717) is 4.83 Å². The Hall–Kier alpha value is -2.22. The van der Waals surface area contributed by atoms with Crippen molar-refractivity contribution in [2.75, 3.05) is 6.61 Å². The molecule has 0 fully saturated rings. The predicted octanol–water partition coefficient (Wildman–Crippen LogP) is 1.11. The van der Waals surface area contributed by atoms with Crippen molar-refractivity contribution in [3.8, 4) is 0 Å². The van der Waals surface area contributed by atoms with Crippen LogP contribution in [0.15, 0.2) is 16.5 Å². The number of fused-ring (bicyclic) bond motifs is 1. The Labute approximate surface area is 117 Å². The molecule has 2 heterocycles.